The van der Waals surface area contributed by atoms with Crippen LogP contribution >= 0.6 is 11.3 Å². The summed E-state index contributed by atoms with van der Waals surface area (Å²) in [6.07, 6.45) is 0. The van der Waals surface area contributed by atoms with E-state index in [0.717, 1.165) is 18.4 Å². The van der Waals surface area contributed by atoms with Crippen LogP contribution in [0.3, 0.4) is 0 Å². The molecule has 10 nitrogen and oxygen atoms in total. The van der Waals surface area contributed by atoms with Crippen molar-refractivity contribution < 1.29 is 27.5 Å². The molecule has 0 aliphatic heterocycles. The standard InChI is InChI=1S/C17H16N4O6S2/c1-9-8-12(26-2)19-16(18-9)20-17(23)21-29(24,25)14-10-6-4-5-7-11(10)28-13(14)15(22)27-3/h4-8H,1-3H3,(H2,18,19,20,21,23). The van der Waals surface area contributed by atoms with Crippen molar-refractivity contribution in [3.05, 3.63) is 40.9 Å². The lowest BCUT2D eigenvalue weighted by Gasteiger charge is -2.09. The summed E-state index contributed by atoms with van der Waals surface area (Å²) in [5.74, 6) is -0.760. The Kier molecular flexibility index (Phi) is 5.66. The quantitative estimate of drug-likeness (QED) is 0.582. The van der Waals surface area contributed by atoms with Gasteiger partial charge in [0.25, 0.3) is 10.0 Å². The molecule has 0 fully saturated rings. The summed E-state index contributed by atoms with van der Waals surface area (Å²) in [6, 6.07) is 6.99. The van der Waals surface area contributed by atoms with Gasteiger partial charge in [0.15, 0.2) is 0 Å². The number of rotatable bonds is 5. The lowest BCUT2D eigenvalue weighted by molar-refractivity contribution is 0.0602. The van der Waals surface area contributed by atoms with Crippen molar-refractivity contribution in [1.82, 2.24) is 14.7 Å². The van der Waals surface area contributed by atoms with E-state index < -0.39 is 22.0 Å². The van der Waals surface area contributed by atoms with Crippen molar-refractivity contribution in [2.45, 2.75) is 11.8 Å². The van der Waals surface area contributed by atoms with Crippen LogP contribution in [0.4, 0.5) is 10.7 Å². The van der Waals surface area contributed by atoms with E-state index in [4.69, 9.17) is 4.74 Å². The monoisotopic (exact) mass is 436 g/mol. The molecule has 2 aromatic heterocycles. The number of aromatic nitrogens is 2. The number of hydrogen-bond donors (Lipinski definition) is 2. The van der Waals surface area contributed by atoms with E-state index in [0.29, 0.717) is 15.8 Å². The minimum atomic E-state index is -4.41. The first kappa shape index (κ1) is 20.5. The van der Waals surface area contributed by atoms with Crippen LogP contribution in [0.2, 0.25) is 0 Å². The molecule has 2 amide bonds. The molecule has 0 saturated carbocycles. The zero-order valence-electron chi connectivity index (χ0n) is 15.5. The molecule has 0 atom stereocenters. The van der Waals surface area contributed by atoms with Gasteiger partial charge in [0.05, 0.1) is 14.2 Å². The molecule has 2 N–H and O–H groups in total. The molecule has 3 rings (SSSR count). The highest BCUT2D eigenvalue weighted by molar-refractivity contribution is 7.90. The van der Waals surface area contributed by atoms with E-state index in [-0.39, 0.29) is 21.6 Å². The number of hydrogen-bond acceptors (Lipinski definition) is 9. The maximum Gasteiger partial charge on any atom is 0.349 e. The highest BCUT2D eigenvalue weighted by Crippen LogP contribution is 2.35. The smallest absolute Gasteiger partial charge is 0.349 e. The molecule has 29 heavy (non-hydrogen) atoms. The zero-order valence-corrected chi connectivity index (χ0v) is 17.2. The first-order valence-corrected chi connectivity index (χ1v) is 10.4. The molecule has 3 aromatic rings. The number of aryl methyl sites for hydroxylation is 1. The fourth-order valence-electron chi connectivity index (χ4n) is 2.52. The second kappa shape index (κ2) is 8.01. The molecule has 1 aromatic carbocycles. The van der Waals surface area contributed by atoms with Gasteiger partial charge >= 0.3 is 12.0 Å². The predicted octanol–water partition coefficient (Wildman–Crippen LogP) is 2.31. The van der Waals surface area contributed by atoms with Gasteiger partial charge in [0.1, 0.15) is 9.77 Å². The first-order valence-electron chi connectivity index (χ1n) is 8.08. The Balaban J connectivity index is 1.95. The summed E-state index contributed by atoms with van der Waals surface area (Å²) >= 11 is 0.955. The van der Waals surface area contributed by atoms with E-state index >= 15 is 0 Å². The fourth-order valence-corrected chi connectivity index (χ4v) is 5.24. The minimum Gasteiger partial charge on any atom is -0.481 e. The summed E-state index contributed by atoms with van der Waals surface area (Å²) in [7, 11) is -1.87. The van der Waals surface area contributed by atoms with Crippen LogP contribution in [0, 0.1) is 6.92 Å². The Labute approximate surface area is 169 Å². The third-order valence-electron chi connectivity index (χ3n) is 3.68. The maximum atomic E-state index is 12.9. The van der Waals surface area contributed by atoms with Crippen molar-refractivity contribution >= 4 is 49.4 Å². The molecule has 0 bridgehead atoms. The molecule has 0 spiro atoms. The van der Waals surface area contributed by atoms with E-state index in [1.54, 1.807) is 37.3 Å². The number of amides is 2. The Morgan fingerprint density at radius 1 is 1.14 bits per heavy atom. The van der Waals surface area contributed by atoms with Crippen LogP contribution in [0.1, 0.15) is 15.4 Å². The number of ether oxygens (including phenoxy) is 2. The molecule has 12 heteroatoms. The number of anilines is 1. The van der Waals surface area contributed by atoms with Crippen molar-refractivity contribution in [3.63, 3.8) is 0 Å². The lowest BCUT2D eigenvalue weighted by Crippen LogP contribution is -2.35. The second-order valence-corrected chi connectivity index (χ2v) is 8.35. The Morgan fingerprint density at radius 3 is 2.55 bits per heavy atom. The number of sulfonamides is 1. The molecule has 0 saturated heterocycles. The zero-order chi connectivity index (χ0) is 21.2. The van der Waals surface area contributed by atoms with E-state index in [2.05, 4.69) is 20.0 Å². The van der Waals surface area contributed by atoms with Gasteiger partial charge in [-0.15, -0.1) is 11.3 Å². The minimum absolute atomic E-state index is 0.137. The molecule has 0 unspecified atom stereocenters. The highest BCUT2D eigenvalue weighted by Gasteiger charge is 2.30. The molecule has 152 valence electrons. The van der Waals surface area contributed by atoms with Crippen LogP contribution in [0.15, 0.2) is 35.2 Å². The topological polar surface area (TPSA) is 137 Å². The fraction of sp³-hybridized carbons (Fsp3) is 0.176. The number of methoxy groups -OCH3 is 2. The van der Waals surface area contributed by atoms with Gasteiger partial charge in [-0.1, -0.05) is 18.2 Å². The molecule has 2 heterocycles. The number of carbonyl (C=O) groups is 2. The first-order chi connectivity index (χ1) is 13.7. The van der Waals surface area contributed by atoms with Crippen LogP contribution in [0.25, 0.3) is 10.1 Å². The van der Waals surface area contributed by atoms with Crippen LogP contribution in [-0.4, -0.2) is 44.6 Å². The largest absolute Gasteiger partial charge is 0.481 e. The van der Waals surface area contributed by atoms with Crippen molar-refractivity contribution in [1.29, 1.82) is 0 Å². The number of esters is 1. The Hall–Kier alpha value is -3.25. The van der Waals surface area contributed by atoms with Gasteiger partial charge in [-0.25, -0.2) is 27.7 Å². The normalized spacial score (nSPS) is 11.1. The number of urea groups is 1. The number of nitrogens with zero attached hydrogens (tertiary/aromatic N) is 2. The summed E-state index contributed by atoms with van der Waals surface area (Å²) in [5.41, 5.74) is 0.506. The third-order valence-corrected chi connectivity index (χ3v) is 6.38. The van der Waals surface area contributed by atoms with E-state index in [1.165, 1.54) is 7.11 Å². The number of nitrogens with one attached hydrogen (secondary N) is 2. The van der Waals surface area contributed by atoms with Gasteiger partial charge in [-0.3, -0.25) is 5.32 Å². The molecule has 0 aliphatic carbocycles. The second-order valence-electron chi connectivity index (χ2n) is 5.68. The summed E-state index contributed by atoms with van der Waals surface area (Å²) in [6.45, 7) is 1.66. The number of thiophene rings is 1. The average molecular weight is 436 g/mol. The van der Waals surface area contributed by atoms with E-state index in [9.17, 15) is 18.0 Å². The summed E-state index contributed by atoms with van der Waals surface area (Å²) in [4.78, 5) is 31.8. The van der Waals surface area contributed by atoms with Crippen LogP contribution in [-0.2, 0) is 14.8 Å². The number of benzene rings is 1. The van der Waals surface area contributed by atoms with Gasteiger partial charge in [-0.05, 0) is 13.0 Å². The van der Waals surface area contributed by atoms with Crippen LogP contribution < -0.4 is 14.8 Å². The Morgan fingerprint density at radius 2 is 1.86 bits per heavy atom. The van der Waals surface area contributed by atoms with Crippen LogP contribution in [0.5, 0.6) is 5.88 Å². The van der Waals surface area contributed by atoms with Gasteiger partial charge < -0.3 is 9.47 Å². The maximum absolute atomic E-state index is 12.9. The summed E-state index contributed by atoms with van der Waals surface area (Å²) < 4.78 is 37.9. The molecule has 0 aliphatic rings. The van der Waals surface area contributed by atoms with Crippen molar-refractivity contribution in [2.24, 2.45) is 0 Å². The number of carbonyl (C=O) groups excluding carboxylic acids is 2. The predicted molar refractivity (Wildman–Crippen MR) is 106 cm³/mol. The average Bonchev–Trinajstić information content (AvgIpc) is 3.06. The Bertz CT molecular complexity index is 1210. The number of fused-ring (bicyclic) bond motifs is 1. The van der Waals surface area contributed by atoms with Crippen molar-refractivity contribution in [2.75, 3.05) is 19.5 Å². The third kappa shape index (κ3) is 4.27. The van der Waals surface area contributed by atoms with Crippen molar-refractivity contribution in [3.8, 4) is 5.88 Å². The highest BCUT2D eigenvalue weighted by atomic mass is 32.2. The molecule has 0 radical (unpaired) electrons. The van der Waals surface area contributed by atoms with E-state index in [1.807, 2.05) is 4.72 Å². The van der Waals surface area contributed by atoms with Gasteiger partial charge in [0.2, 0.25) is 11.8 Å². The van der Waals surface area contributed by atoms with Gasteiger partial charge in [0, 0.05) is 21.8 Å². The summed E-state index contributed by atoms with van der Waals surface area (Å²) in [5, 5.41) is 2.54. The molecular weight excluding hydrogens is 420 g/mol. The lowest BCUT2D eigenvalue weighted by atomic mass is 10.2. The SMILES string of the molecule is COC(=O)c1sc2ccccc2c1S(=O)(=O)NC(=O)Nc1nc(C)cc(OC)n1. The molecular formula is C17H16N4O6S2. The van der Waals surface area contributed by atoms with Gasteiger partial charge in [-0.2, -0.15) is 4.98 Å².